The lowest BCUT2D eigenvalue weighted by molar-refractivity contribution is 0.437. The molecule has 1 aliphatic heterocycles. The average molecular weight is 473 g/mol. The van der Waals surface area contributed by atoms with Crippen molar-refractivity contribution >= 4 is 43.1 Å². The molecule has 0 bridgehead atoms. The first-order valence-electron chi connectivity index (χ1n) is 11.4. The first kappa shape index (κ1) is 18.8. The van der Waals surface area contributed by atoms with E-state index in [2.05, 4.69) is 91.0 Å². The highest BCUT2D eigenvalue weighted by molar-refractivity contribution is 7.26. The number of rotatable bonds is 0. The highest BCUT2D eigenvalue weighted by atomic mass is 35.5. The molecule has 0 N–H and O–H groups in total. The first-order valence-corrected chi connectivity index (χ1v) is 12.6. The predicted molar refractivity (Wildman–Crippen MR) is 142 cm³/mol. The number of thiophene rings is 1. The van der Waals surface area contributed by atoms with Gasteiger partial charge in [-0.15, -0.1) is 11.3 Å². The Bertz CT molecular complexity index is 1770. The summed E-state index contributed by atoms with van der Waals surface area (Å²) in [4.78, 5) is 0. The molecule has 5 aromatic carbocycles. The lowest BCUT2D eigenvalue weighted by Crippen LogP contribution is -2.32. The van der Waals surface area contributed by atoms with Gasteiger partial charge in [-0.1, -0.05) is 90.5 Å². The second-order valence-corrected chi connectivity index (χ2v) is 10.5. The molecule has 0 saturated heterocycles. The fourth-order valence-electron chi connectivity index (χ4n) is 6.11. The summed E-state index contributed by atoms with van der Waals surface area (Å²) in [6, 6.07) is 36.9. The third kappa shape index (κ3) is 2.16. The molecular formula is C31H17ClOS. The van der Waals surface area contributed by atoms with E-state index in [0.717, 1.165) is 21.2 Å². The van der Waals surface area contributed by atoms with Gasteiger partial charge in [-0.05, 0) is 46.5 Å². The van der Waals surface area contributed by atoms with Crippen molar-refractivity contribution in [3.63, 3.8) is 0 Å². The van der Waals surface area contributed by atoms with Gasteiger partial charge < -0.3 is 4.74 Å². The number of benzene rings is 5. The van der Waals surface area contributed by atoms with Crippen molar-refractivity contribution in [3.8, 4) is 22.6 Å². The van der Waals surface area contributed by atoms with E-state index < -0.39 is 5.41 Å². The summed E-state index contributed by atoms with van der Waals surface area (Å²) in [7, 11) is 0. The van der Waals surface area contributed by atoms with Gasteiger partial charge >= 0.3 is 0 Å². The molecule has 2 heterocycles. The van der Waals surface area contributed by atoms with Crippen LogP contribution in [0.2, 0.25) is 5.02 Å². The Hall–Kier alpha value is -3.59. The quantitative estimate of drug-likeness (QED) is 0.214. The van der Waals surface area contributed by atoms with E-state index in [1.807, 2.05) is 12.1 Å². The Labute approximate surface area is 205 Å². The lowest BCUT2D eigenvalue weighted by atomic mass is 9.66. The van der Waals surface area contributed by atoms with Gasteiger partial charge in [-0.2, -0.15) is 0 Å². The van der Waals surface area contributed by atoms with Crippen LogP contribution in [-0.2, 0) is 5.41 Å². The molecule has 1 nitrogen and oxygen atoms in total. The van der Waals surface area contributed by atoms with E-state index in [0.29, 0.717) is 0 Å². The average Bonchev–Trinajstić information content (AvgIpc) is 3.38. The van der Waals surface area contributed by atoms with E-state index in [1.165, 1.54) is 48.9 Å². The van der Waals surface area contributed by atoms with Gasteiger partial charge in [-0.25, -0.2) is 0 Å². The molecule has 34 heavy (non-hydrogen) atoms. The zero-order valence-electron chi connectivity index (χ0n) is 18.0. The van der Waals surface area contributed by atoms with Crippen molar-refractivity contribution in [3.05, 3.63) is 130 Å². The molecule has 0 atom stereocenters. The number of hydrogen-bond acceptors (Lipinski definition) is 2. The van der Waals surface area contributed by atoms with Gasteiger partial charge in [0.25, 0.3) is 0 Å². The van der Waals surface area contributed by atoms with Crippen molar-refractivity contribution in [2.75, 3.05) is 0 Å². The van der Waals surface area contributed by atoms with Crippen molar-refractivity contribution < 1.29 is 4.74 Å². The lowest BCUT2D eigenvalue weighted by Gasteiger charge is -2.39. The van der Waals surface area contributed by atoms with Crippen molar-refractivity contribution in [2.24, 2.45) is 0 Å². The zero-order valence-corrected chi connectivity index (χ0v) is 19.6. The Morgan fingerprint density at radius 1 is 0.588 bits per heavy atom. The molecule has 0 amide bonds. The second-order valence-electron chi connectivity index (χ2n) is 9.00. The van der Waals surface area contributed by atoms with Crippen molar-refractivity contribution in [1.29, 1.82) is 0 Å². The molecule has 1 spiro atoms. The molecule has 0 unspecified atom stereocenters. The molecule has 1 aliphatic carbocycles. The highest BCUT2D eigenvalue weighted by Crippen LogP contribution is 2.62. The number of halogens is 1. The van der Waals surface area contributed by atoms with Gasteiger partial charge in [0.15, 0.2) is 0 Å². The summed E-state index contributed by atoms with van der Waals surface area (Å²) in [5, 5.41) is 3.22. The maximum absolute atomic E-state index is 6.60. The minimum atomic E-state index is -0.432. The first-order chi connectivity index (χ1) is 16.8. The molecule has 160 valence electrons. The molecule has 6 aromatic rings. The maximum atomic E-state index is 6.60. The number of fused-ring (bicyclic) bond motifs is 12. The van der Waals surface area contributed by atoms with Crippen LogP contribution >= 0.6 is 22.9 Å². The molecule has 0 radical (unpaired) electrons. The fourth-order valence-corrected chi connectivity index (χ4v) is 7.52. The normalized spacial score (nSPS) is 14.5. The van der Waals surface area contributed by atoms with Crippen molar-refractivity contribution in [1.82, 2.24) is 0 Å². The van der Waals surface area contributed by atoms with E-state index in [9.17, 15) is 0 Å². The van der Waals surface area contributed by atoms with Crippen LogP contribution in [0.5, 0.6) is 11.5 Å². The summed E-state index contributed by atoms with van der Waals surface area (Å²) in [5.41, 5.74) is 7.15. The molecule has 1 aromatic heterocycles. The van der Waals surface area contributed by atoms with Crippen LogP contribution in [0.15, 0.2) is 103 Å². The third-order valence-corrected chi connectivity index (χ3v) is 9.05. The predicted octanol–water partition coefficient (Wildman–Crippen LogP) is 9.18. The van der Waals surface area contributed by atoms with E-state index >= 15 is 0 Å². The smallest absolute Gasteiger partial charge is 0.133 e. The minimum Gasteiger partial charge on any atom is -0.457 e. The van der Waals surface area contributed by atoms with E-state index in [-0.39, 0.29) is 0 Å². The monoisotopic (exact) mass is 472 g/mol. The maximum Gasteiger partial charge on any atom is 0.133 e. The van der Waals surface area contributed by atoms with Gasteiger partial charge in [0, 0.05) is 26.6 Å². The third-order valence-electron chi connectivity index (χ3n) is 7.42. The van der Waals surface area contributed by atoms with E-state index in [1.54, 1.807) is 11.3 Å². The van der Waals surface area contributed by atoms with Crippen LogP contribution < -0.4 is 4.74 Å². The number of hydrogen-bond donors (Lipinski definition) is 0. The Morgan fingerprint density at radius 2 is 1.26 bits per heavy atom. The van der Waals surface area contributed by atoms with Crippen LogP contribution in [0, 0.1) is 0 Å². The van der Waals surface area contributed by atoms with Crippen LogP contribution in [0.4, 0.5) is 0 Å². The van der Waals surface area contributed by atoms with Gasteiger partial charge in [0.2, 0.25) is 0 Å². The van der Waals surface area contributed by atoms with Crippen LogP contribution in [0.1, 0.15) is 22.3 Å². The van der Waals surface area contributed by atoms with Gasteiger partial charge in [0.1, 0.15) is 11.5 Å². The summed E-state index contributed by atoms with van der Waals surface area (Å²) in [6.45, 7) is 0. The Morgan fingerprint density at radius 3 is 2.03 bits per heavy atom. The molecule has 0 saturated carbocycles. The molecular weight excluding hydrogens is 456 g/mol. The zero-order chi connectivity index (χ0) is 22.4. The summed E-state index contributed by atoms with van der Waals surface area (Å²) in [5.74, 6) is 1.83. The van der Waals surface area contributed by atoms with Crippen molar-refractivity contribution in [2.45, 2.75) is 5.41 Å². The van der Waals surface area contributed by atoms with Crippen LogP contribution in [0.25, 0.3) is 31.3 Å². The van der Waals surface area contributed by atoms with Gasteiger partial charge in [-0.3, -0.25) is 0 Å². The molecule has 0 fully saturated rings. The topological polar surface area (TPSA) is 9.23 Å². The Kier molecular flexibility index (Phi) is 3.60. The van der Waals surface area contributed by atoms with Crippen LogP contribution in [-0.4, -0.2) is 0 Å². The second kappa shape index (κ2) is 6.50. The molecule has 3 heteroatoms. The Balaban J connectivity index is 1.59. The summed E-state index contributed by atoms with van der Waals surface area (Å²) >= 11 is 8.33. The number of ether oxygens (including phenoxy) is 1. The van der Waals surface area contributed by atoms with E-state index in [4.69, 9.17) is 16.3 Å². The van der Waals surface area contributed by atoms with Gasteiger partial charge in [0.05, 0.1) is 15.1 Å². The minimum absolute atomic E-state index is 0.432. The SMILES string of the molecule is Clc1cccc2c1sc1cc3c(cc12)C1(c2ccccc2O3)c2ccccc2-c2ccccc21. The fraction of sp³-hybridized carbons (Fsp3) is 0.0323. The summed E-state index contributed by atoms with van der Waals surface area (Å²) < 4.78 is 8.92. The largest absolute Gasteiger partial charge is 0.457 e. The molecule has 2 aliphatic rings. The van der Waals surface area contributed by atoms with Crippen LogP contribution in [0.3, 0.4) is 0 Å². The summed E-state index contributed by atoms with van der Waals surface area (Å²) in [6.07, 6.45) is 0. The highest BCUT2D eigenvalue weighted by Gasteiger charge is 2.51. The number of para-hydroxylation sites is 1. The molecule has 8 rings (SSSR count). The standard InChI is InChI=1S/C31H17ClOS/c32-26-14-7-10-20-21-16-25-28(17-29(21)34-30(20)26)33-27-15-6-5-13-24(27)31(25)22-11-3-1-8-18(22)19-9-2-4-12-23(19)31/h1-17H.